The van der Waals surface area contributed by atoms with Gasteiger partial charge in [0.1, 0.15) is 6.33 Å². The van der Waals surface area contributed by atoms with Crippen LogP contribution in [-0.2, 0) is 16.2 Å². The lowest BCUT2D eigenvalue weighted by Crippen LogP contribution is -2.40. The van der Waals surface area contributed by atoms with E-state index in [-0.39, 0.29) is 11.9 Å². The minimum Gasteiger partial charge on any atom is -0.466 e. The maximum absolute atomic E-state index is 12.0. The van der Waals surface area contributed by atoms with Gasteiger partial charge in [0, 0.05) is 6.54 Å². The summed E-state index contributed by atoms with van der Waals surface area (Å²) in [4.78, 5) is 14.2. The Morgan fingerprint density at radius 3 is 2.96 bits per heavy atom. The molecule has 1 atom stereocenters. The third-order valence-corrected chi connectivity index (χ3v) is 4.98. The molecule has 0 unspecified atom stereocenters. The van der Waals surface area contributed by atoms with E-state index in [1.54, 1.807) is 6.33 Å². The van der Waals surface area contributed by atoms with Crippen LogP contribution in [0, 0.1) is 17.6 Å². The van der Waals surface area contributed by atoms with Crippen LogP contribution in [-0.4, -0.2) is 44.9 Å². The van der Waals surface area contributed by atoms with E-state index < -0.39 is 0 Å². The number of rotatable bonds is 5. The van der Waals surface area contributed by atoms with E-state index in [2.05, 4.69) is 23.0 Å². The molecule has 0 aliphatic carbocycles. The van der Waals surface area contributed by atoms with Crippen molar-refractivity contribution < 1.29 is 9.53 Å². The van der Waals surface area contributed by atoms with Crippen LogP contribution >= 0.6 is 12.2 Å². The summed E-state index contributed by atoms with van der Waals surface area (Å²) in [5, 5.41) is 4.45. The number of hydrogen-bond acceptors (Lipinski definition) is 5. The fraction of sp³-hybridized carbons (Fsp3) is 0.500. The molecule has 0 bridgehead atoms. The number of likely N-dealkylation sites (tertiary alicyclic amines) is 1. The molecule has 1 aromatic heterocycles. The molecule has 134 valence electrons. The molecule has 2 heterocycles. The van der Waals surface area contributed by atoms with Gasteiger partial charge in [0.05, 0.1) is 24.9 Å². The number of para-hydroxylation sites is 1. The SMILES string of the molecule is CCOC(=O)[C@H]1CCCN(Cn2ncn(-c3ccccc3C)c2=S)C1. The Bertz CT molecular complexity index is 798. The van der Waals surface area contributed by atoms with Crippen LogP contribution in [0.4, 0.5) is 0 Å². The molecule has 1 aliphatic rings. The van der Waals surface area contributed by atoms with Gasteiger partial charge in [-0.1, -0.05) is 18.2 Å². The van der Waals surface area contributed by atoms with Gasteiger partial charge in [-0.3, -0.25) is 14.3 Å². The Morgan fingerprint density at radius 2 is 2.20 bits per heavy atom. The number of carbonyl (C=O) groups excluding carboxylic acids is 1. The van der Waals surface area contributed by atoms with Crippen molar-refractivity contribution in [3.05, 3.63) is 40.9 Å². The van der Waals surface area contributed by atoms with Gasteiger partial charge in [-0.05, 0) is 57.1 Å². The van der Waals surface area contributed by atoms with Crippen molar-refractivity contribution in [2.24, 2.45) is 5.92 Å². The molecule has 7 heteroatoms. The highest BCUT2D eigenvalue weighted by Crippen LogP contribution is 2.19. The van der Waals surface area contributed by atoms with E-state index in [1.807, 2.05) is 34.4 Å². The standard InChI is InChI=1S/C18H24N4O2S/c1-3-24-17(23)15-8-6-10-20(11-15)13-22-18(25)21(12-19-22)16-9-5-4-7-14(16)2/h4-5,7,9,12,15H,3,6,8,10-11,13H2,1-2H3/t15-/m0/s1. The first kappa shape index (κ1) is 17.8. The van der Waals surface area contributed by atoms with Crippen molar-refractivity contribution in [2.75, 3.05) is 19.7 Å². The predicted molar refractivity (Wildman–Crippen MR) is 98.1 cm³/mol. The Hall–Kier alpha value is -1.99. The Kier molecular flexibility index (Phi) is 5.65. The zero-order valence-electron chi connectivity index (χ0n) is 14.7. The summed E-state index contributed by atoms with van der Waals surface area (Å²) < 4.78 is 9.57. The number of carbonyl (C=O) groups is 1. The molecule has 1 aliphatic heterocycles. The van der Waals surface area contributed by atoms with Crippen molar-refractivity contribution in [3.8, 4) is 5.69 Å². The zero-order valence-corrected chi connectivity index (χ0v) is 15.5. The molecule has 1 fully saturated rings. The molecule has 0 spiro atoms. The van der Waals surface area contributed by atoms with E-state index in [0.29, 0.717) is 24.6 Å². The minimum atomic E-state index is -0.0961. The van der Waals surface area contributed by atoms with E-state index in [0.717, 1.165) is 30.6 Å². The van der Waals surface area contributed by atoms with Crippen LogP contribution in [0.15, 0.2) is 30.6 Å². The fourth-order valence-corrected chi connectivity index (χ4v) is 3.51. The minimum absolute atomic E-state index is 0.0543. The highest BCUT2D eigenvalue weighted by molar-refractivity contribution is 7.71. The van der Waals surface area contributed by atoms with Gasteiger partial charge in [-0.25, -0.2) is 4.68 Å². The molecule has 0 saturated carbocycles. The first-order valence-corrected chi connectivity index (χ1v) is 9.10. The van der Waals surface area contributed by atoms with Gasteiger partial charge in [-0.2, -0.15) is 5.10 Å². The van der Waals surface area contributed by atoms with Crippen LogP contribution < -0.4 is 0 Å². The average Bonchev–Trinajstić information content (AvgIpc) is 2.96. The third kappa shape index (κ3) is 3.99. The molecule has 6 nitrogen and oxygen atoms in total. The van der Waals surface area contributed by atoms with Crippen molar-refractivity contribution in [2.45, 2.75) is 33.4 Å². The molecule has 25 heavy (non-hydrogen) atoms. The molecule has 3 rings (SSSR count). The maximum Gasteiger partial charge on any atom is 0.310 e. The smallest absolute Gasteiger partial charge is 0.310 e. The monoisotopic (exact) mass is 360 g/mol. The van der Waals surface area contributed by atoms with Crippen LogP contribution in [0.5, 0.6) is 0 Å². The summed E-state index contributed by atoms with van der Waals surface area (Å²) in [6, 6.07) is 8.10. The summed E-state index contributed by atoms with van der Waals surface area (Å²) >= 11 is 5.60. The second-order valence-corrected chi connectivity index (χ2v) is 6.74. The van der Waals surface area contributed by atoms with Gasteiger partial charge in [0.15, 0.2) is 0 Å². The summed E-state index contributed by atoms with van der Waals surface area (Å²) in [5.74, 6) is -0.150. The maximum atomic E-state index is 12.0. The molecule has 1 aromatic carbocycles. The fourth-order valence-electron chi connectivity index (χ4n) is 3.26. The number of esters is 1. The van der Waals surface area contributed by atoms with Gasteiger partial charge in [0.25, 0.3) is 0 Å². The van der Waals surface area contributed by atoms with Crippen molar-refractivity contribution in [1.82, 2.24) is 19.2 Å². The first-order valence-electron chi connectivity index (χ1n) is 8.69. The number of ether oxygens (including phenoxy) is 1. The van der Waals surface area contributed by atoms with E-state index in [4.69, 9.17) is 17.0 Å². The summed E-state index contributed by atoms with van der Waals surface area (Å²) in [6.45, 7) is 6.56. The van der Waals surface area contributed by atoms with Crippen molar-refractivity contribution in [1.29, 1.82) is 0 Å². The van der Waals surface area contributed by atoms with Crippen LogP contribution in [0.3, 0.4) is 0 Å². The molecule has 2 aromatic rings. The second kappa shape index (κ2) is 7.93. The Morgan fingerprint density at radius 1 is 1.40 bits per heavy atom. The Balaban J connectivity index is 1.73. The van der Waals surface area contributed by atoms with Crippen molar-refractivity contribution >= 4 is 18.2 Å². The largest absolute Gasteiger partial charge is 0.466 e. The topological polar surface area (TPSA) is 52.3 Å². The highest BCUT2D eigenvalue weighted by Gasteiger charge is 2.27. The quantitative estimate of drug-likeness (QED) is 0.606. The normalized spacial score (nSPS) is 18.2. The lowest BCUT2D eigenvalue weighted by molar-refractivity contribution is -0.150. The molecule has 0 radical (unpaired) electrons. The molecule has 1 saturated heterocycles. The lowest BCUT2D eigenvalue weighted by Gasteiger charge is -2.31. The van der Waals surface area contributed by atoms with E-state index >= 15 is 0 Å². The van der Waals surface area contributed by atoms with Gasteiger partial charge < -0.3 is 4.74 Å². The summed E-state index contributed by atoms with van der Waals surface area (Å²) in [7, 11) is 0. The number of piperidine rings is 1. The number of nitrogens with zero attached hydrogens (tertiary/aromatic N) is 4. The number of benzene rings is 1. The van der Waals surface area contributed by atoms with Crippen LogP contribution in [0.2, 0.25) is 0 Å². The highest BCUT2D eigenvalue weighted by atomic mass is 32.1. The number of hydrogen-bond donors (Lipinski definition) is 0. The number of aromatic nitrogens is 3. The molecule has 0 amide bonds. The van der Waals surface area contributed by atoms with E-state index in [1.165, 1.54) is 0 Å². The van der Waals surface area contributed by atoms with Crippen LogP contribution in [0.25, 0.3) is 5.69 Å². The van der Waals surface area contributed by atoms with Gasteiger partial charge >= 0.3 is 5.97 Å². The first-order chi connectivity index (χ1) is 12.1. The lowest BCUT2D eigenvalue weighted by atomic mass is 9.99. The van der Waals surface area contributed by atoms with E-state index in [9.17, 15) is 4.79 Å². The summed E-state index contributed by atoms with van der Waals surface area (Å²) in [5.41, 5.74) is 2.19. The van der Waals surface area contributed by atoms with Gasteiger partial charge in [0.2, 0.25) is 4.77 Å². The average molecular weight is 360 g/mol. The second-order valence-electron chi connectivity index (χ2n) is 6.38. The predicted octanol–water partition coefficient (Wildman–Crippen LogP) is 2.94. The molecular formula is C18H24N4O2S. The Labute approximate surface area is 153 Å². The molecular weight excluding hydrogens is 336 g/mol. The third-order valence-electron chi connectivity index (χ3n) is 4.57. The summed E-state index contributed by atoms with van der Waals surface area (Å²) in [6.07, 6.45) is 3.63. The number of aryl methyl sites for hydroxylation is 1. The van der Waals surface area contributed by atoms with Crippen molar-refractivity contribution in [3.63, 3.8) is 0 Å². The van der Waals surface area contributed by atoms with Gasteiger partial charge in [-0.15, -0.1) is 0 Å². The molecule has 0 N–H and O–H groups in total. The van der Waals surface area contributed by atoms with Crippen LogP contribution in [0.1, 0.15) is 25.3 Å². The zero-order chi connectivity index (χ0) is 17.8.